The van der Waals surface area contributed by atoms with E-state index in [0.29, 0.717) is 27.7 Å². The van der Waals surface area contributed by atoms with Crippen LogP contribution in [0.2, 0.25) is 0 Å². The number of hydrogen-bond donors (Lipinski definition) is 3. The van der Waals surface area contributed by atoms with Crippen LogP contribution in [0.4, 0.5) is 13.2 Å². The van der Waals surface area contributed by atoms with Crippen molar-refractivity contribution in [1.82, 2.24) is 15.2 Å². The number of rotatable bonds is 11. The van der Waals surface area contributed by atoms with Gasteiger partial charge in [-0.1, -0.05) is 67.6 Å². The Morgan fingerprint density at radius 2 is 1.68 bits per heavy atom. The maximum atomic E-state index is 13.1. The number of benzene rings is 3. The molecule has 4 aromatic rings. The Labute approximate surface area is 308 Å². The zero-order valence-corrected chi connectivity index (χ0v) is 29.5. The van der Waals surface area contributed by atoms with Crippen LogP contribution < -0.4 is 5.32 Å². The Hall–Kier alpha value is -4.76. The number of amides is 2. The number of aromatic nitrogens is 1. The summed E-state index contributed by atoms with van der Waals surface area (Å²) < 4.78 is 52.4. The predicted octanol–water partition coefficient (Wildman–Crippen LogP) is 6.69. The molecule has 2 saturated heterocycles. The van der Waals surface area contributed by atoms with Crippen molar-refractivity contribution in [3.63, 3.8) is 0 Å². The molecular formula is C39H38F3N3O7S. The number of aliphatic hydroxyl groups excluding tert-OH is 1. The molecule has 0 spiro atoms. The number of aromatic carboxylic acids is 1. The third-order valence-electron chi connectivity index (χ3n) is 9.45. The van der Waals surface area contributed by atoms with Gasteiger partial charge in [-0.15, -0.1) is 11.8 Å². The zero-order chi connectivity index (χ0) is 37.7. The molecule has 0 bridgehead atoms. The van der Waals surface area contributed by atoms with Crippen molar-refractivity contribution in [3.05, 3.63) is 119 Å². The molecule has 5 atom stereocenters. The molecule has 53 heavy (non-hydrogen) atoms. The zero-order valence-electron chi connectivity index (χ0n) is 28.7. The highest BCUT2D eigenvalue weighted by Gasteiger charge is 2.47. The molecule has 3 aromatic carbocycles. The Morgan fingerprint density at radius 3 is 2.40 bits per heavy atom. The summed E-state index contributed by atoms with van der Waals surface area (Å²) in [5.41, 5.74) is 4.86. The number of carboxylic acid groups (broad SMARTS) is 1. The number of hydrogen-bond acceptors (Lipinski definition) is 8. The van der Waals surface area contributed by atoms with Crippen molar-refractivity contribution in [3.8, 4) is 11.1 Å². The number of nitrogens with zero attached hydrogens (tertiary/aromatic N) is 2. The first-order valence-corrected chi connectivity index (χ1v) is 18.1. The first-order valence-electron chi connectivity index (χ1n) is 17.1. The van der Waals surface area contributed by atoms with Crippen LogP contribution in [0.25, 0.3) is 11.1 Å². The van der Waals surface area contributed by atoms with E-state index in [4.69, 9.17) is 9.47 Å². The van der Waals surface area contributed by atoms with Crippen LogP contribution in [0.15, 0.2) is 96.2 Å². The number of alkyl halides is 3. The Morgan fingerprint density at radius 1 is 0.943 bits per heavy atom. The molecule has 0 saturated carbocycles. The quantitative estimate of drug-likeness (QED) is 0.143. The third kappa shape index (κ3) is 8.90. The number of carbonyl (C=O) groups is 3. The van der Waals surface area contributed by atoms with E-state index in [0.717, 1.165) is 27.8 Å². The van der Waals surface area contributed by atoms with E-state index >= 15 is 0 Å². The summed E-state index contributed by atoms with van der Waals surface area (Å²) in [6, 6.07) is 24.4. The van der Waals surface area contributed by atoms with Crippen LogP contribution in [-0.4, -0.2) is 68.5 Å². The summed E-state index contributed by atoms with van der Waals surface area (Å²) in [5.74, 6) is -3.45. The lowest BCUT2D eigenvalue weighted by atomic mass is 9.91. The van der Waals surface area contributed by atoms with E-state index in [1.165, 1.54) is 17.8 Å². The summed E-state index contributed by atoms with van der Waals surface area (Å²) in [6.07, 6.45) is -4.59. The average molecular weight is 750 g/mol. The average Bonchev–Trinajstić information content (AvgIpc) is 3.66. The molecule has 3 heterocycles. The lowest BCUT2D eigenvalue weighted by Crippen LogP contribution is -2.50. The van der Waals surface area contributed by atoms with E-state index in [1.807, 2.05) is 73.7 Å². The Bertz CT molecular complexity index is 1940. The second-order valence-electron chi connectivity index (χ2n) is 13.0. The number of aliphatic hydroxyl groups is 1. The lowest BCUT2D eigenvalue weighted by molar-refractivity contribution is -0.268. The monoisotopic (exact) mass is 749 g/mol. The fourth-order valence-electron chi connectivity index (χ4n) is 6.62. The fraction of sp³-hybridized carbons (Fsp3) is 0.333. The summed E-state index contributed by atoms with van der Waals surface area (Å²) in [7, 11) is 0. The SMILES string of the molecule is C[C@@H]1[C@H](CSc2ncccc2C(=O)O)O[C@H](c2cccc(-c3cccc(CNC(=O)[C@@H]4CCCN4C(=O)C(F)(F)F)c3)c2)O[C@@H]1c1ccc(CO)cc1. The molecule has 0 aliphatic carbocycles. The molecule has 2 fully saturated rings. The number of halogens is 3. The third-order valence-corrected chi connectivity index (χ3v) is 10.5. The molecule has 10 nitrogen and oxygen atoms in total. The topological polar surface area (TPSA) is 138 Å². The predicted molar refractivity (Wildman–Crippen MR) is 189 cm³/mol. The number of thioether (sulfide) groups is 1. The van der Waals surface area contributed by atoms with Gasteiger partial charge >= 0.3 is 18.1 Å². The smallest absolute Gasteiger partial charge is 0.471 e. The highest BCUT2D eigenvalue weighted by Crippen LogP contribution is 2.43. The van der Waals surface area contributed by atoms with Gasteiger partial charge in [0.2, 0.25) is 5.91 Å². The molecule has 0 unspecified atom stereocenters. The van der Waals surface area contributed by atoms with Crippen molar-refractivity contribution in [1.29, 1.82) is 0 Å². The minimum atomic E-state index is -5.05. The van der Waals surface area contributed by atoms with Gasteiger partial charge in [-0.25, -0.2) is 9.78 Å². The summed E-state index contributed by atoms with van der Waals surface area (Å²) in [5, 5.41) is 22.3. The Kier molecular flexibility index (Phi) is 11.8. The second-order valence-corrected chi connectivity index (χ2v) is 14.0. The van der Waals surface area contributed by atoms with Crippen LogP contribution >= 0.6 is 11.8 Å². The molecule has 0 radical (unpaired) electrons. The Balaban J connectivity index is 1.20. The highest BCUT2D eigenvalue weighted by molar-refractivity contribution is 7.99. The molecule has 14 heteroatoms. The number of pyridine rings is 1. The van der Waals surface area contributed by atoms with Gasteiger partial charge < -0.3 is 29.9 Å². The van der Waals surface area contributed by atoms with Crippen LogP contribution in [-0.2, 0) is 32.2 Å². The van der Waals surface area contributed by atoms with Gasteiger partial charge in [0.25, 0.3) is 0 Å². The minimum absolute atomic E-state index is 0.0552. The van der Waals surface area contributed by atoms with Gasteiger partial charge in [-0.05, 0) is 64.9 Å². The van der Waals surface area contributed by atoms with Gasteiger partial charge in [0.05, 0.1) is 24.4 Å². The second kappa shape index (κ2) is 16.5. The van der Waals surface area contributed by atoms with Crippen molar-refractivity contribution in [2.45, 2.75) is 68.7 Å². The van der Waals surface area contributed by atoms with E-state index in [9.17, 15) is 37.8 Å². The number of ether oxygens (including phenoxy) is 2. The maximum Gasteiger partial charge on any atom is 0.471 e. The van der Waals surface area contributed by atoms with Crippen LogP contribution in [0.3, 0.4) is 0 Å². The fourth-order valence-corrected chi connectivity index (χ4v) is 7.77. The summed E-state index contributed by atoms with van der Waals surface area (Å²) in [4.78, 5) is 41.4. The van der Waals surface area contributed by atoms with Crippen molar-refractivity contribution in [2.24, 2.45) is 5.92 Å². The number of nitrogens with one attached hydrogen (secondary N) is 1. The first-order chi connectivity index (χ1) is 25.4. The molecule has 278 valence electrons. The number of carbonyl (C=O) groups excluding carboxylic acids is 2. The first kappa shape index (κ1) is 38.0. The largest absolute Gasteiger partial charge is 0.478 e. The van der Waals surface area contributed by atoms with Crippen molar-refractivity contribution < 1.29 is 47.2 Å². The normalized spacial score (nSPS) is 21.7. The molecule has 3 N–H and O–H groups in total. The van der Waals surface area contributed by atoms with E-state index in [-0.39, 0.29) is 43.7 Å². The van der Waals surface area contributed by atoms with Gasteiger partial charge in [-0.3, -0.25) is 9.59 Å². The number of carboxylic acids is 1. The van der Waals surface area contributed by atoms with Crippen molar-refractivity contribution in [2.75, 3.05) is 12.3 Å². The van der Waals surface area contributed by atoms with Gasteiger partial charge in [-0.2, -0.15) is 13.2 Å². The van der Waals surface area contributed by atoms with Gasteiger partial charge in [0.15, 0.2) is 6.29 Å². The number of likely N-dealkylation sites (tertiary alicyclic amines) is 1. The van der Waals surface area contributed by atoms with Gasteiger partial charge in [0.1, 0.15) is 11.1 Å². The standard InChI is InChI=1S/C39H38F3N3O7S/c1-23-32(22-53-35-30(36(48)49)10-4-16-43-35)51-37(52-33(23)26-14-12-24(21-46)13-15-26)29-9-3-8-28(19-29)27-7-2-6-25(18-27)20-44-34(47)31-11-5-17-45(31)38(50)39(40,41)42/h2-4,6-10,12-16,18-19,23,31-33,37,46H,5,11,17,20-22H2,1H3,(H,44,47)(H,48,49)/t23-,31+,32+,33+,37+/m1/s1. The lowest BCUT2D eigenvalue weighted by Gasteiger charge is -2.41. The molecule has 1 aromatic heterocycles. The summed E-state index contributed by atoms with van der Waals surface area (Å²) in [6.45, 7) is 1.86. The molecule has 2 aliphatic heterocycles. The van der Waals surface area contributed by atoms with E-state index in [1.54, 1.807) is 18.3 Å². The van der Waals surface area contributed by atoms with Gasteiger partial charge in [0, 0.05) is 36.5 Å². The van der Waals surface area contributed by atoms with E-state index in [2.05, 4.69) is 10.3 Å². The molecule has 2 amide bonds. The molecule has 2 aliphatic rings. The van der Waals surface area contributed by atoms with E-state index < -0.39 is 42.4 Å². The van der Waals surface area contributed by atoms with Crippen LogP contribution in [0.5, 0.6) is 0 Å². The van der Waals surface area contributed by atoms with Crippen molar-refractivity contribution >= 4 is 29.5 Å². The molecule has 6 rings (SSSR count). The minimum Gasteiger partial charge on any atom is -0.478 e. The maximum absolute atomic E-state index is 13.1. The summed E-state index contributed by atoms with van der Waals surface area (Å²) >= 11 is 1.30. The molecular weight excluding hydrogens is 712 g/mol. The van der Waals surface area contributed by atoms with Crippen LogP contribution in [0.1, 0.15) is 64.8 Å². The van der Waals surface area contributed by atoms with Crippen LogP contribution in [0, 0.1) is 5.92 Å². The highest BCUT2D eigenvalue weighted by atomic mass is 32.2.